The Morgan fingerprint density at radius 2 is 1.82 bits per heavy atom. The smallest absolute Gasteiger partial charge is 0.322 e. The number of benzene rings is 3. The second-order valence-electron chi connectivity index (χ2n) is 8.73. The number of aromatic nitrogens is 2. The topological polar surface area (TPSA) is 81.2 Å². The van der Waals surface area contributed by atoms with E-state index >= 15 is 0 Å². The van der Waals surface area contributed by atoms with Crippen LogP contribution >= 0.6 is 23.4 Å². The SMILES string of the molecule is N[C@H](CN1C(=O)SC(=Cc2ccc3c(cnn3Cc3ccc(Cl)cc3C(F)(F)F)c2)C1=O)c1ccccc1. The third-order valence-electron chi connectivity index (χ3n) is 6.14. The Balaban J connectivity index is 1.36. The van der Waals surface area contributed by atoms with Gasteiger partial charge < -0.3 is 5.73 Å². The summed E-state index contributed by atoms with van der Waals surface area (Å²) in [5, 5.41) is 4.53. The van der Waals surface area contributed by atoms with Gasteiger partial charge in [0.05, 0.1) is 28.7 Å². The summed E-state index contributed by atoms with van der Waals surface area (Å²) in [5.41, 5.74) is 7.52. The van der Waals surface area contributed by atoms with Crippen LogP contribution in [0.15, 0.2) is 77.8 Å². The fraction of sp³-hybridized carbons (Fsp3) is 0.148. The van der Waals surface area contributed by atoms with Crippen molar-refractivity contribution < 1.29 is 22.8 Å². The standard InChI is InChI=1S/C27H20ClF3N4O2S/c28-20-8-7-18(21(12-20)27(29,30)31)14-35-23-9-6-16(10-19(23)13-33-35)11-24-25(36)34(26(37)38-24)15-22(32)17-4-2-1-3-5-17/h1-13,22H,14-15,32H2/t22-/m1/s1. The molecule has 0 bridgehead atoms. The van der Waals surface area contributed by atoms with E-state index in [-0.39, 0.29) is 28.6 Å². The van der Waals surface area contributed by atoms with Crippen LogP contribution in [0.2, 0.25) is 5.02 Å². The molecule has 1 aliphatic rings. The highest BCUT2D eigenvalue weighted by Gasteiger charge is 2.36. The maximum Gasteiger partial charge on any atom is 0.416 e. The summed E-state index contributed by atoms with van der Waals surface area (Å²) in [6.45, 7) is -0.0438. The zero-order valence-corrected chi connectivity index (χ0v) is 21.2. The van der Waals surface area contributed by atoms with Crippen molar-refractivity contribution in [1.82, 2.24) is 14.7 Å². The number of carbonyl (C=O) groups is 2. The summed E-state index contributed by atoms with van der Waals surface area (Å²) in [5.74, 6) is -0.426. The Bertz CT molecular complexity index is 1570. The number of hydrogen-bond acceptors (Lipinski definition) is 5. The molecule has 3 aromatic carbocycles. The van der Waals surface area contributed by atoms with Gasteiger partial charge in [0.2, 0.25) is 0 Å². The average molecular weight is 557 g/mol. The molecule has 0 spiro atoms. The number of carbonyl (C=O) groups excluding carboxylic acids is 2. The van der Waals surface area contributed by atoms with Crippen molar-refractivity contribution in [3.05, 3.63) is 105 Å². The monoisotopic (exact) mass is 556 g/mol. The van der Waals surface area contributed by atoms with Gasteiger partial charge in [-0.3, -0.25) is 19.2 Å². The molecule has 1 saturated heterocycles. The molecule has 5 rings (SSSR count). The minimum atomic E-state index is -4.55. The third-order valence-corrected chi connectivity index (χ3v) is 7.28. The number of fused-ring (bicyclic) bond motifs is 1. The van der Waals surface area contributed by atoms with Gasteiger partial charge in [-0.05, 0) is 58.8 Å². The maximum atomic E-state index is 13.5. The lowest BCUT2D eigenvalue weighted by molar-refractivity contribution is -0.138. The van der Waals surface area contributed by atoms with E-state index in [1.165, 1.54) is 16.8 Å². The molecular weight excluding hydrogens is 537 g/mol. The quantitative estimate of drug-likeness (QED) is 0.274. The van der Waals surface area contributed by atoms with Crippen molar-refractivity contribution >= 4 is 51.5 Å². The van der Waals surface area contributed by atoms with Gasteiger partial charge in [-0.1, -0.05) is 54.1 Å². The number of nitrogens with two attached hydrogens (primary N) is 1. The maximum absolute atomic E-state index is 13.5. The van der Waals surface area contributed by atoms with Gasteiger partial charge >= 0.3 is 6.18 Å². The summed E-state index contributed by atoms with van der Waals surface area (Å²) < 4.78 is 42.0. The van der Waals surface area contributed by atoms with Gasteiger partial charge in [-0.2, -0.15) is 18.3 Å². The Morgan fingerprint density at radius 3 is 2.55 bits per heavy atom. The highest BCUT2D eigenvalue weighted by atomic mass is 35.5. The second kappa shape index (κ2) is 10.3. The molecule has 0 saturated carbocycles. The van der Waals surface area contributed by atoms with Crippen LogP contribution in [0.25, 0.3) is 17.0 Å². The second-order valence-corrected chi connectivity index (χ2v) is 10.2. The van der Waals surface area contributed by atoms with Gasteiger partial charge in [0, 0.05) is 23.0 Å². The van der Waals surface area contributed by atoms with Crippen LogP contribution in [0.4, 0.5) is 18.0 Å². The number of thioether (sulfide) groups is 1. The molecule has 0 unspecified atom stereocenters. The van der Waals surface area contributed by atoms with Crippen LogP contribution in [0, 0.1) is 0 Å². The Hall–Kier alpha value is -3.60. The number of rotatable bonds is 6. The molecule has 4 aromatic rings. The molecule has 0 radical (unpaired) electrons. The first-order valence-electron chi connectivity index (χ1n) is 11.5. The first-order valence-corrected chi connectivity index (χ1v) is 12.7. The van der Waals surface area contributed by atoms with Crippen molar-refractivity contribution in [3.63, 3.8) is 0 Å². The zero-order valence-electron chi connectivity index (χ0n) is 19.7. The van der Waals surface area contributed by atoms with Crippen molar-refractivity contribution in [3.8, 4) is 0 Å². The molecule has 1 fully saturated rings. The summed E-state index contributed by atoms with van der Waals surface area (Å²) in [4.78, 5) is 26.9. The first kappa shape index (κ1) is 26.0. The number of halogens is 4. The van der Waals surface area contributed by atoms with Crippen LogP contribution in [-0.2, 0) is 17.5 Å². The lowest BCUT2D eigenvalue weighted by Crippen LogP contribution is -2.35. The number of amides is 2. The summed E-state index contributed by atoms with van der Waals surface area (Å²) >= 11 is 6.62. The van der Waals surface area contributed by atoms with Crippen LogP contribution in [0.5, 0.6) is 0 Å². The van der Waals surface area contributed by atoms with Crippen LogP contribution < -0.4 is 5.73 Å². The zero-order chi connectivity index (χ0) is 27.0. The fourth-order valence-corrected chi connectivity index (χ4v) is 5.26. The van der Waals surface area contributed by atoms with E-state index in [2.05, 4.69) is 5.10 Å². The molecular formula is C27H20ClF3N4O2S. The minimum absolute atomic E-state index is 0.00232. The number of hydrogen-bond donors (Lipinski definition) is 1. The molecule has 194 valence electrons. The van der Waals surface area contributed by atoms with Crippen molar-refractivity contribution in [1.29, 1.82) is 0 Å². The summed E-state index contributed by atoms with van der Waals surface area (Å²) in [7, 11) is 0. The van der Waals surface area contributed by atoms with Crippen LogP contribution in [-0.4, -0.2) is 32.4 Å². The highest BCUT2D eigenvalue weighted by Crippen LogP contribution is 2.35. The number of alkyl halides is 3. The third kappa shape index (κ3) is 5.33. The highest BCUT2D eigenvalue weighted by molar-refractivity contribution is 8.18. The molecule has 2 heterocycles. The molecule has 2 amide bonds. The molecule has 38 heavy (non-hydrogen) atoms. The number of imide groups is 1. The van der Waals surface area contributed by atoms with Crippen LogP contribution in [0.1, 0.15) is 28.3 Å². The Morgan fingerprint density at radius 1 is 1.05 bits per heavy atom. The summed E-state index contributed by atoms with van der Waals surface area (Å²) in [6.07, 6.45) is -1.40. The normalized spacial score (nSPS) is 16.1. The van der Waals surface area contributed by atoms with E-state index in [0.29, 0.717) is 16.5 Å². The van der Waals surface area contributed by atoms with Gasteiger partial charge in [0.25, 0.3) is 11.1 Å². The molecule has 1 aromatic heterocycles. The van der Waals surface area contributed by atoms with Gasteiger partial charge in [0.15, 0.2) is 0 Å². The van der Waals surface area contributed by atoms with Gasteiger partial charge in [-0.15, -0.1) is 0 Å². The molecule has 6 nitrogen and oxygen atoms in total. The van der Waals surface area contributed by atoms with E-state index in [1.54, 1.807) is 30.5 Å². The molecule has 2 N–H and O–H groups in total. The van der Waals surface area contributed by atoms with E-state index in [4.69, 9.17) is 17.3 Å². The summed E-state index contributed by atoms with van der Waals surface area (Å²) in [6, 6.07) is 17.6. The fourth-order valence-electron chi connectivity index (χ4n) is 4.24. The molecule has 1 aliphatic heterocycles. The van der Waals surface area contributed by atoms with E-state index in [1.807, 2.05) is 30.3 Å². The Kier molecular flexibility index (Phi) is 7.04. The van der Waals surface area contributed by atoms with Gasteiger partial charge in [-0.25, -0.2) is 0 Å². The van der Waals surface area contributed by atoms with Gasteiger partial charge in [0.1, 0.15) is 0 Å². The van der Waals surface area contributed by atoms with Crippen LogP contribution in [0.3, 0.4) is 0 Å². The molecule has 11 heteroatoms. The average Bonchev–Trinajstić information content (AvgIpc) is 3.40. The minimum Gasteiger partial charge on any atom is -0.322 e. The van der Waals surface area contributed by atoms with Crippen molar-refractivity contribution in [2.24, 2.45) is 5.73 Å². The molecule has 1 atom stereocenters. The first-order chi connectivity index (χ1) is 18.1. The predicted octanol–water partition coefficient (Wildman–Crippen LogP) is 6.49. The molecule has 0 aliphatic carbocycles. The lowest BCUT2D eigenvalue weighted by atomic mass is 10.1. The van der Waals surface area contributed by atoms with Crippen molar-refractivity contribution in [2.75, 3.05) is 6.54 Å². The van der Waals surface area contributed by atoms with E-state index in [9.17, 15) is 22.8 Å². The number of nitrogens with zero attached hydrogens (tertiary/aromatic N) is 3. The largest absolute Gasteiger partial charge is 0.416 e. The van der Waals surface area contributed by atoms with E-state index in [0.717, 1.165) is 28.3 Å². The predicted molar refractivity (Wildman–Crippen MR) is 141 cm³/mol. The van der Waals surface area contributed by atoms with E-state index < -0.39 is 28.9 Å². The van der Waals surface area contributed by atoms with Crippen molar-refractivity contribution in [2.45, 2.75) is 18.8 Å². The lowest BCUT2D eigenvalue weighted by Gasteiger charge is -2.18. The Labute approximate surface area is 224 Å².